The zero-order valence-electron chi connectivity index (χ0n) is 9.90. The van der Waals surface area contributed by atoms with Crippen LogP contribution in [-0.2, 0) is 11.2 Å². The molecule has 0 unspecified atom stereocenters. The molecule has 1 aromatic heterocycles. The van der Waals surface area contributed by atoms with Crippen LogP contribution in [0.25, 0.3) is 0 Å². The van der Waals surface area contributed by atoms with E-state index in [1.807, 2.05) is 0 Å². The molecule has 2 rings (SSSR count). The molecule has 17 heavy (non-hydrogen) atoms. The first-order valence-electron chi connectivity index (χ1n) is 5.80. The summed E-state index contributed by atoms with van der Waals surface area (Å²) in [4.78, 5) is 15.7. The number of carbonyl (C=O) groups is 1. The molecule has 94 valence electrons. The fourth-order valence-electron chi connectivity index (χ4n) is 1.73. The Balaban J connectivity index is 1.66. The Labute approximate surface area is 106 Å². The Hall–Kier alpha value is -1.04. The topological polar surface area (TPSA) is 68.0 Å². The first-order chi connectivity index (χ1) is 8.13. The second-order valence-electron chi connectivity index (χ2n) is 4.66. The summed E-state index contributed by atoms with van der Waals surface area (Å²) in [5.74, 6) is 2.08. The van der Waals surface area contributed by atoms with Gasteiger partial charge in [0.15, 0.2) is 5.82 Å². The Morgan fingerprint density at radius 3 is 2.88 bits per heavy atom. The van der Waals surface area contributed by atoms with Gasteiger partial charge in [-0.15, -0.1) is 0 Å². The maximum absolute atomic E-state index is 11.6. The number of hydrogen-bond acceptors (Lipinski definition) is 5. The standard InChI is InChI=1S/C11H17N3O2S/c1-8-13-9(14-16-8)2-5-12-10(15)6-11(7-17)3-4-11/h17H,2-7H2,1H3,(H,12,15). The van der Waals surface area contributed by atoms with Crippen LogP contribution in [0.1, 0.15) is 31.0 Å². The molecule has 1 fully saturated rings. The van der Waals surface area contributed by atoms with Gasteiger partial charge >= 0.3 is 0 Å². The second kappa shape index (κ2) is 5.08. The van der Waals surface area contributed by atoms with E-state index >= 15 is 0 Å². The normalized spacial score (nSPS) is 16.8. The van der Waals surface area contributed by atoms with Gasteiger partial charge in [-0.3, -0.25) is 4.79 Å². The van der Waals surface area contributed by atoms with E-state index in [1.54, 1.807) is 6.92 Å². The molecule has 0 saturated heterocycles. The number of rotatable bonds is 6. The number of aryl methyl sites for hydroxylation is 1. The minimum Gasteiger partial charge on any atom is -0.356 e. The van der Waals surface area contributed by atoms with Crippen LogP contribution in [0.4, 0.5) is 0 Å². The Kier molecular flexibility index (Phi) is 3.71. The molecule has 5 nitrogen and oxygen atoms in total. The first-order valence-corrected chi connectivity index (χ1v) is 6.44. The third-order valence-electron chi connectivity index (χ3n) is 3.07. The van der Waals surface area contributed by atoms with Crippen molar-refractivity contribution in [2.75, 3.05) is 12.3 Å². The monoisotopic (exact) mass is 255 g/mol. The lowest BCUT2D eigenvalue weighted by Gasteiger charge is -2.10. The number of thiol groups is 1. The van der Waals surface area contributed by atoms with Crippen molar-refractivity contribution in [2.24, 2.45) is 5.41 Å². The van der Waals surface area contributed by atoms with Gasteiger partial charge in [-0.1, -0.05) is 5.16 Å². The highest BCUT2D eigenvalue weighted by Gasteiger charge is 2.42. The molecule has 0 bridgehead atoms. The summed E-state index contributed by atoms with van der Waals surface area (Å²) in [6.45, 7) is 2.30. The van der Waals surface area contributed by atoms with Crippen LogP contribution >= 0.6 is 12.6 Å². The predicted octanol–water partition coefficient (Wildman–Crippen LogP) is 1.14. The van der Waals surface area contributed by atoms with E-state index in [9.17, 15) is 4.79 Å². The van der Waals surface area contributed by atoms with Crippen molar-refractivity contribution in [2.45, 2.75) is 32.6 Å². The van der Waals surface area contributed by atoms with E-state index < -0.39 is 0 Å². The van der Waals surface area contributed by atoms with Crippen molar-refractivity contribution in [3.8, 4) is 0 Å². The SMILES string of the molecule is Cc1nc(CCNC(=O)CC2(CS)CC2)no1. The van der Waals surface area contributed by atoms with E-state index in [4.69, 9.17) is 4.52 Å². The maximum atomic E-state index is 11.6. The molecule has 1 aromatic rings. The number of nitrogens with zero attached hydrogens (tertiary/aromatic N) is 2. The van der Waals surface area contributed by atoms with Crippen molar-refractivity contribution in [1.29, 1.82) is 0 Å². The molecule has 1 heterocycles. The molecular weight excluding hydrogens is 238 g/mol. The van der Waals surface area contributed by atoms with E-state index in [0.717, 1.165) is 18.6 Å². The predicted molar refractivity (Wildman–Crippen MR) is 65.9 cm³/mol. The summed E-state index contributed by atoms with van der Waals surface area (Å²) in [5, 5.41) is 6.64. The van der Waals surface area contributed by atoms with Crippen LogP contribution in [0.3, 0.4) is 0 Å². The number of nitrogens with one attached hydrogen (secondary N) is 1. The largest absolute Gasteiger partial charge is 0.356 e. The number of aromatic nitrogens is 2. The maximum Gasteiger partial charge on any atom is 0.223 e. The van der Waals surface area contributed by atoms with Gasteiger partial charge in [0.25, 0.3) is 0 Å². The molecule has 1 aliphatic carbocycles. The molecule has 0 spiro atoms. The molecule has 0 aliphatic heterocycles. The first kappa shape index (κ1) is 12.4. The lowest BCUT2D eigenvalue weighted by molar-refractivity contribution is -0.122. The van der Waals surface area contributed by atoms with Crippen molar-refractivity contribution in [1.82, 2.24) is 15.5 Å². The summed E-state index contributed by atoms with van der Waals surface area (Å²) in [6.07, 6.45) is 3.43. The number of amides is 1. The average Bonchev–Trinajstić information content (AvgIpc) is 2.95. The summed E-state index contributed by atoms with van der Waals surface area (Å²) in [7, 11) is 0. The van der Waals surface area contributed by atoms with E-state index in [2.05, 4.69) is 28.1 Å². The van der Waals surface area contributed by atoms with Gasteiger partial charge in [0.05, 0.1) is 0 Å². The van der Waals surface area contributed by atoms with Gasteiger partial charge in [0.1, 0.15) is 0 Å². The van der Waals surface area contributed by atoms with Crippen LogP contribution in [0.5, 0.6) is 0 Å². The molecule has 0 atom stereocenters. The minimum atomic E-state index is 0.0942. The van der Waals surface area contributed by atoms with E-state index in [1.165, 1.54) is 0 Å². The van der Waals surface area contributed by atoms with Gasteiger partial charge < -0.3 is 9.84 Å². The third kappa shape index (κ3) is 3.46. The fourth-order valence-corrected chi connectivity index (χ4v) is 2.16. The second-order valence-corrected chi connectivity index (χ2v) is 4.98. The van der Waals surface area contributed by atoms with Crippen LogP contribution < -0.4 is 5.32 Å². The Morgan fingerprint density at radius 2 is 2.35 bits per heavy atom. The van der Waals surface area contributed by atoms with Gasteiger partial charge in [-0.2, -0.15) is 17.6 Å². The molecule has 6 heteroatoms. The summed E-state index contributed by atoms with van der Waals surface area (Å²) in [6, 6.07) is 0. The summed E-state index contributed by atoms with van der Waals surface area (Å²) < 4.78 is 4.85. The van der Waals surface area contributed by atoms with Crippen LogP contribution in [0, 0.1) is 12.3 Å². The molecule has 1 N–H and O–H groups in total. The highest BCUT2D eigenvalue weighted by molar-refractivity contribution is 7.80. The zero-order valence-corrected chi connectivity index (χ0v) is 10.8. The minimum absolute atomic E-state index is 0.0942. The molecule has 0 radical (unpaired) electrons. The molecular formula is C11H17N3O2S. The molecule has 0 aromatic carbocycles. The van der Waals surface area contributed by atoms with Crippen LogP contribution in [0.2, 0.25) is 0 Å². The van der Waals surface area contributed by atoms with Crippen molar-refractivity contribution < 1.29 is 9.32 Å². The Bertz CT molecular complexity index is 401. The smallest absolute Gasteiger partial charge is 0.223 e. The summed E-state index contributed by atoms with van der Waals surface area (Å²) >= 11 is 4.28. The summed E-state index contributed by atoms with van der Waals surface area (Å²) in [5.41, 5.74) is 0.177. The highest BCUT2D eigenvalue weighted by Crippen LogP contribution is 2.49. The van der Waals surface area contributed by atoms with Crippen LogP contribution in [0.15, 0.2) is 4.52 Å². The fraction of sp³-hybridized carbons (Fsp3) is 0.727. The quantitative estimate of drug-likeness (QED) is 0.748. The molecule has 1 saturated carbocycles. The number of hydrogen-bond donors (Lipinski definition) is 2. The van der Waals surface area contributed by atoms with Crippen molar-refractivity contribution in [3.63, 3.8) is 0 Å². The molecule has 1 aliphatic rings. The van der Waals surface area contributed by atoms with Crippen molar-refractivity contribution in [3.05, 3.63) is 11.7 Å². The lowest BCUT2D eigenvalue weighted by Crippen LogP contribution is -2.28. The van der Waals surface area contributed by atoms with Gasteiger partial charge in [0, 0.05) is 26.3 Å². The van der Waals surface area contributed by atoms with Gasteiger partial charge in [-0.25, -0.2) is 0 Å². The zero-order chi connectivity index (χ0) is 12.3. The molecule has 1 amide bonds. The van der Waals surface area contributed by atoms with Crippen molar-refractivity contribution >= 4 is 18.5 Å². The van der Waals surface area contributed by atoms with E-state index in [0.29, 0.717) is 31.1 Å². The van der Waals surface area contributed by atoms with Gasteiger partial charge in [-0.05, 0) is 24.0 Å². The lowest BCUT2D eigenvalue weighted by atomic mass is 10.1. The number of carbonyl (C=O) groups excluding carboxylic acids is 1. The Morgan fingerprint density at radius 1 is 1.59 bits per heavy atom. The highest BCUT2D eigenvalue weighted by atomic mass is 32.1. The van der Waals surface area contributed by atoms with Crippen LogP contribution in [-0.4, -0.2) is 28.3 Å². The van der Waals surface area contributed by atoms with E-state index in [-0.39, 0.29) is 11.3 Å². The average molecular weight is 255 g/mol. The van der Waals surface area contributed by atoms with Gasteiger partial charge in [0.2, 0.25) is 11.8 Å². The third-order valence-corrected chi connectivity index (χ3v) is 3.74.